The molecule has 1 unspecified atom stereocenters. The van der Waals surface area contributed by atoms with Crippen molar-refractivity contribution in [2.45, 2.75) is 59.8 Å². The van der Waals surface area contributed by atoms with Crippen molar-refractivity contribution in [2.24, 2.45) is 11.3 Å². The van der Waals surface area contributed by atoms with Crippen molar-refractivity contribution < 1.29 is 8.78 Å². The molecule has 0 aromatic heterocycles. The van der Waals surface area contributed by atoms with Crippen LogP contribution >= 0.6 is 0 Å². The van der Waals surface area contributed by atoms with E-state index in [4.69, 9.17) is 0 Å². The first-order valence-electron chi connectivity index (χ1n) is 5.90. The Labute approximate surface area is 92.8 Å². The Morgan fingerprint density at radius 3 is 2.13 bits per heavy atom. The van der Waals surface area contributed by atoms with Crippen LogP contribution in [0, 0.1) is 11.3 Å². The first kappa shape index (κ1) is 14.6. The van der Waals surface area contributed by atoms with Gasteiger partial charge in [-0.05, 0) is 23.8 Å². The maximum atomic E-state index is 12.3. The molecule has 90 valence electrons. The zero-order chi connectivity index (χ0) is 11.9. The number of unbranched alkanes of at least 4 members (excludes halogenated alkanes) is 3. The maximum Gasteiger partial charge on any atom is 0.266 e. The normalized spacial score (nSPS) is 13.7. The van der Waals surface area contributed by atoms with Crippen molar-refractivity contribution in [3.05, 3.63) is 12.2 Å². The topological polar surface area (TPSA) is 0 Å². The Morgan fingerprint density at radius 2 is 1.73 bits per heavy atom. The fraction of sp³-hybridized carbons (Fsp3) is 0.846. The fourth-order valence-electron chi connectivity index (χ4n) is 1.71. The summed E-state index contributed by atoms with van der Waals surface area (Å²) in [5.41, 5.74) is -0.0599. The minimum Gasteiger partial charge on any atom is -0.174 e. The van der Waals surface area contributed by atoms with Gasteiger partial charge in [-0.15, -0.1) is 0 Å². The highest BCUT2D eigenvalue weighted by atomic mass is 19.3. The molecular formula is C13H24F2. The van der Waals surface area contributed by atoms with E-state index < -0.39 is 6.08 Å². The lowest BCUT2D eigenvalue weighted by Gasteiger charge is -2.27. The van der Waals surface area contributed by atoms with Crippen LogP contribution in [0.25, 0.3) is 0 Å². The highest BCUT2D eigenvalue weighted by molar-refractivity contribution is 4.93. The summed E-state index contributed by atoms with van der Waals surface area (Å²) in [5, 5.41) is 0. The van der Waals surface area contributed by atoms with Gasteiger partial charge in [-0.1, -0.05) is 53.4 Å². The molecule has 1 atom stereocenters. The summed E-state index contributed by atoms with van der Waals surface area (Å²) in [6.45, 7) is 8.23. The van der Waals surface area contributed by atoms with E-state index in [-0.39, 0.29) is 11.3 Å². The molecule has 0 bridgehead atoms. The van der Waals surface area contributed by atoms with Gasteiger partial charge in [0.15, 0.2) is 0 Å². The highest BCUT2D eigenvalue weighted by Gasteiger charge is 2.22. The monoisotopic (exact) mass is 218 g/mol. The standard InChI is InChI=1S/C13H24F2/c1-5-6-7-8-9-11(10-12(14)15)13(2,3)4/h10-11H,5-9H2,1-4H3. The van der Waals surface area contributed by atoms with Crippen LogP contribution in [0.5, 0.6) is 0 Å². The van der Waals surface area contributed by atoms with Gasteiger partial charge in [0, 0.05) is 0 Å². The van der Waals surface area contributed by atoms with Gasteiger partial charge in [0.05, 0.1) is 0 Å². The smallest absolute Gasteiger partial charge is 0.174 e. The summed E-state index contributed by atoms with van der Waals surface area (Å²) in [5.74, 6) is -0.000596. The predicted octanol–water partition coefficient (Wildman–Crippen LogP) is 5.40. The van der Waals surface area contributed by atoms with Crippen LogP contribution in [-0.2, 0) is 0 Å². The lowest BCUT2D eigenvalue weighted by Crippen LogP contribution is -2.18. The van der Waals surface area contributed by atoms with Gasteiger partial charge in [-0.3, -0.25) is 0 Å². The van der Waals surface area contributed by atoms with Gasteiger partial charge in [-0.25, -0.2) is 0 Å². The lowest BCUT2D eigenvalue weighted by atomic mass is 9.78. The van der Waals surface area contributed by atoms with Crippen LogP contribution in [0.2, 0.25) is 0 Å². The number of hydrogen-bond acceptors (Lipinski definition) is 0. The zero-order valence-electron chi connectivity index (χ0n) is 10.4. The van der Waals surface area contributed by atoms with Crippen molar-refractivity contribution in [1.82, 2.24) is 0 Å². The van der Waals surface area contributed by atoms with E-state index >= 15 is 0 Å². The third-order valence-corrected chi connectivity index (χ3v) is 2.81. The quantitative estimate of drug-likeness (QED) is 0.524. The Morgan fingerprint density at radius 1 is 1.13 bits per heavy atom. The summed E-state index contributed by atoms with van der Waals surface area (Å²) < 4.78 is 24.5. The second-order valence-corrected chi connectivity index (χ2v) is 5.28. The molecule has 0 aliphatic carbocycles. The first-order valence-corrected chi connectivity index (χ1v) is 5.90. The minimum atomic E-state index is -1.54. The summed E-state index contributed by atoms with van der Waals surface area (Å²) >= 11 is 0. The molecule has 0 radical (unpaired) electrons. The van der Waals surface area contributed by atoms with Crippen molar-refractivity contribution in [2.75, 3.05) is 0 Å². The van der Waals surface area contributed by atoms with Crippen LogP contribution in [0.1, 0.15) is 59.8 Å². The van der Waals surface area contributed by atoms with E-state index in [1.165, 1.54) is 12.8 Å². The first-order chi connectivity index (χ1) is 6.88. The minimum absolute atomic E-state index is 0.000596. The molecule has 0 fully saturated rings. The van der Waals surface area contributed by atoms with Gasteiger partial charge in [0.1, 0.15) is 0 Å². The Bertz CT molecular complexity index is 185. The molecule has 0 aromatic carbocycles. The molecule has 0 amide bonds. The van der Waals surface area contributed by atoms with Gasteiger partial charge in [0.2, 0.25) is 0 Å². The average molecular weight is 218 g/mol. The van der Waals surface area contributed by atoms with E-state index in [0.717, 1.165) is 25.3 Å². The SMILES string of the molecule is CCCCCCC(C=C(F)F)C(C)(C)C. The van der Waals surface area contributed by atoms with Crippen molar-refractivity contribution >= 4 is 0 Å². The Kier molecular flexibility index (Phi) is 6.78. The van der Waals surface area contributed by atoms with E-state index in [9.17, 15) is 8.78 Å². The summed E-state index contributed by atoms with van der Waals surface area (Å²) in [7, 11) is 0. The number of allylic oxidation sites excluding steroid dienone is 1. The van der Waals surface area contributed by atoms with Crippen LogP contribution in [-0.4, -0.2) is 0 Å². The summed E-state index contributed by atoms with van der Waals surface area (Å²) in [6.07, 6.45) is 5.08. The van der Waals surface area contributed by atoms with Crippen LogP contribution < -0.4 is 0 Å². The summed E-state index contributed by atoms with van der Waals surface area (Å²) in [6, 6.07) is 0. The van der Waals surface area contributed by atoms with Crippen LogP contribution in [0.15, 0.2) is 12.2 Å². The van der Waals surface area contributed by atoms with E-state index in [0.29, 0.717) is 0 Å². The van der Waals surface area contributed by atoms with E-state index in [2.05, 4.69) is 6.92 Å². The molecule has 0 N–H and O–H groups in total. The van der Waals surface area contributed by atoms with Gasteiger partial charge in [0.25, 0.3) is 6.08 Å². The molecule has 15 heavy (non-hydrogen) atoms. The molecule has 0 saturated carbocycles. The number of halogens is 2. The second-order valence-electron chi connectivity index (χ2n) is 5.28. The summed E-state index contributed by atoms with van der Waals surface area (Å²) in [4.78, 5) is 0. The molecule has 0 spiro atoms. The zero-order valence-corrected chi connectivity index (χ0v) is 10.4. The lowest BCUT2D eigenvalue weighted by molar-refractivity contribution is 0.259. The number of hydrogen-bond donors (Lipinski definition) is 0. The van der Waals surface area contributed by atoms with Crippen molar-refractivity contribution in [3.63, 3.8) is 0 Å². The Hall–Kier alpha value is -0.400. The average Bonchev–Trinajstić information content (AvgIpc) is 2.08. The molecule has 0 nitrogen and oxygen atoms in total. The Balaban J connectivity index is 4.10. The van der Waals surface area contributed by atoms with Gasteiger partial charge in [-0.2, -0.15) is 8.78 Å². The molecule has 0 heterocycles. The molecule has 2 heteroatoms. The third kappa shape index (κ3) is 7.52. The molecule has 0 aromatic rings. The van der Waals surface area contributed by atoms with Gasteiger partial charge < -0.3 is 0 Å². The fourth-order valence-corrected chi connectivity index (χ4v) is 1.71. The second kappa shape index (κ2) is 6.97. The van der Waals surface area contributed by atoms with Crippen LogP contribution in [0.3, 0.4) is 0 Å². The van der Waals surface area contributed by atoms with Crippen molar-refractivity contribution in [3.8, 4) is 0 Å². The predicted molar refractivity (Wildman–Crippen MR) is 62.0 cm³/mol. The molecule has 0 aliphatic rings. The molecular weight excluding hydrogens is 194 g/mol. The molecule has 0 saturated heterocycles. The highest BCUT2D eigenvalue weighted by Crippen LogP contribution is 2.32. The van der Waals surface area contributed by atoms with E-state index in [1.807, 2.05) is 20.8 Å². The van der Waals surface area contributed by atoms with Crippen molar-refractivity contribution in [1.29, 1.82) is 0 Å². The largest absolute Gasteiger partial charge is 0.266 e. The third-order valence-electron chi connectivity index (χ3n) is 2.81. The number of rotatable bonds is 6. The van der Waals surface area contributed by atoms with E-state index in [1.54, 1.807) is 0 Å². The maximum absolute atomic E-state index is 12.3. The molecule has 0 rings (SSSR count). The van der Waals surface area contributed by atoms with Crippen LogP contribution in [0.4, 0.5) is 8.78 Å². The van der Waals surface area contributed by atoms with Gasteiger partial charge >= 0.3 is 0 Å². The molecule has 0 aliphatic heterocycles.